The lowest BCUT2D eigenvalue weighted by molar-refractivity contribution is 0.179. The molecular weight excluding hydrogens is 308 g/mol. The van der Waals surface area contributed by atoms with Gasteiger partial charge in [0.15, 0.2) is 0 Å². The zero-order valence-corrected chi connectivity index (χ0v) is 14.7. The lowest BCUT2D eigenvalue weighted by Crippen LogP contribution is -2.23. The number of hydrogen-bond acceptors (Lipinski definition) is 2. The van der Waals surface area contributed by atoms with Crippen LogP contribution in [0.2, 0.25) is 0 Å². The molecule has 2 aromatic rings. The van der Waals surface area contributed by atoms with E-state index in [1.54, 1.807) is 0 Å². The van der Waals surface area contributed by atoms with Crippen molar-refractivity contribution in [3.05, 3.63) is 84.6 Å². The van der Waals surface area contributed by atoms with Gasteiger partial charge in [-0.25, -0.2) is 0 Å². The average Bonchev–Trinajstić information content (AvgIpc) is 3.17. The normalized spacial score (nSPS) is 15.5. The minimum Gasteiger partial charge on any atom is -0.498 e. The van der Waals surface area contributed by atoms with Crippen molar-refractivity contribution >= 4 is 6.08 Å². The standard InChI is InChI=1S/C23H26O2/c1-3-19-7-9-20(10-8-19)23(15-5-6-16-23)21-11-13-22(14-12-21)25-18-17-24-4-2/h3-4,7-14H,1-2,5-6,15-18H2. The minimum absolute atomic E-state index is 0.129. The lowest BCUT2D eigenvalue weighted by atomic mass is 9.73. The molecule has 0 aliphatic heterocycles. The van der Waals surface area contributed by atoms with Crippen molar-refractivity contribution < 1.29 is 9.47 Å². The molecule has 1 aliphatic rings. The molecule has 1 fully saturated rings. The third-order valence-electron chi connectivity index (χ3n) is 5.15. The third-order valence-corrected chi connectivity index (χ3v) is 5.15. The number of ether oxygens (including phenoxy) is 2. The molecule has 25 heavy (non-hydrogen) atoms. The van der Waals surface area contributed by atoms with Gasteiger partial charge in [0.05, 0.1) is 6.26 Å². The Bertz CT molecular complexity index is 692. The highest BCUT2D eigenvalue weighted by molar-refractivity contribution is 5.50. The van der Waals surface area contributed by atoms with E-state index in [-0.39, 0.29) is 5.41 Å². The molecule has 2 aromatic carbocycles. The SMILES string of the molecule is C=COCCOc1ccc(C2(c3ccc(C=C)cc3)CCCC2)cc1. The smallest absolute Gasteiger partial charge is 0.122 e. The van der Waals surface area contributed by atoms with E-state index >= 15 is 0 Å². The van der Waals surface area contributed by atoms with Crippen molar-refractivity contribution in [1.29, 1.82) is 0 Å². The van der Waals surface area contributed by atoms with Gasteiger partial charge in [0.2, 0.25) is 0 Å². The van der Waals surface area contributed by atoms with Gasteiger partial charge in [-0.15, -0.1) is 0 Å². The molecule has 0 radical (unpaired) electrons. The first-order chi connectivity index (χ1) is 12.3. The Morgan fingerprint density at radius 1 is 0.840 bits per heavy atom. The fraction of sp³-hybridized carbons (Fsp3) is 0.304. The Hall–Kier alpha value is -2.48. The van der Waals surface area contributed by atoms with Gasteiger partial charge in [0, 0.05) is 5.41 Å². The molecule has 0 unspecified atom stereocenters. The summed E-state index contributed by atoms with van der Waals surface area (Å²) in [5.74, 6) is 0.881. The number of hydrogen-bond donors (Lipinski definition) is 0. The monoisotopic (exact) mass is 334 g/mol. The average molecular weight is 334 g/mol. The van der Waals surface area contributed by atoms with E-state index < -0.39 is 0 Å². The molecule has 3 rings (SSSR count). The van der Waals surface area contributed by atoms with Crippen LogP contribution in [-0.4, -0.2) is 13.2 Å². The first-order valence-corrected chi connectivity index (χ1v) is 8.97. The van der Waals surface area contributed by atoms with Gasteiger partial charge in [0.25, 0.3) is 0 Å². The van der Waals surface area contributed by atoms with Crippen LogP contribution < -0.4 is 4.74 Å². The van der Waals surface area contributed by atoms with E-state index in [9.17, 15) is 0 Å². The van der Waals surface area contributed by atoms with Crippen LogP contribution in [0.1, 0.15) is 42.4 Å². The summed E-state index contributed by atoms with van der Waals surface area (Å²) >= 11 is 0. The van der Waals surface area contributed by atoms with E-state index in [1.165, 1.54) is 48.6 Å². The van der Waals surface area contributed by atoms with Crippen LogP contribution >= 0.6 is 0 Å². The van der Waals surface area contributed by atoms with Crippen LogP contribution in [0.3, 0.4) is 0 Å². The van der Waals surface area contributed by atoms with Crippen LogP contribution in [-0.2, 0) is 10.2 Å². The van der Waals surface area contributed by atoms with Crippen LogP contribution in [0, 0.1) is 0 Å². The van der Waals surface area contributed by atoms with Crippen molar-refractivity contribution in [2.45, 2.75) is 31.1 Å². The maximum atomic E-state index is 5.71. The molecule has 130 valence electrons. The fourth-order valence-electron chi connectivity index (χ4n) is 3.82. The summed E-state index contributed by atoms with van der Waals surface area (Å²) in [6.45, 7) is 8.42. The van der Waals surface area contributed by atoms with Crippen LogP contribution in [0.5, 0.6) is 5.75 Å². The highest BCUT2D eigenvalue weighted by atomic mass is 16.5. The van der Waals surface area contributed by atoms with E-state index in [0.717, 1.165) is 5.75 Å². The van der Waals surface area contributed by atoms with Crippen LogP contribution in [0.25, 0.3) is 6.08 Å². The molecule has 0 N–H and O–H groups in total. The zero-order chi connectivity index (χ0) is 17.5. The van der Waals surface area contributed by atoms with Crippen molar-refractivity contribution in [3.8, 4) is 5.75 Å². The van der Waals surface area contributed by atoms with Gasteiger partial charge in [-0.05, 0) is 41.7 Å². The van der Waals surface area contributed by atoms with E-state index in [1.807, 2.05) is 6.08 Å². The zero-order valence-electron chi connectivity index (χ0n) is 14.7. The second kappa shape index (κ2) is 8.06. The van der Waals surface area contributed by atoms with Gasteiger partial charge in [-0.3, -0.25) is 0 Å². The van der Waals surface area contributed by atoms with Crippen LogP contribution in [0.15, 0.2) is 68.0 Å². The summed E-state index contributed by atoms with van der Waals surface area (Å²) in [4.78, 5) is 0. The molecular formula is C23H26O2. The van der Waals surface area contributed by atoms with E-state index in [0.29, 0.717) is 13.2 Å². The molecule has 0 spiro atoms. The third kappa shape index (κ3) is 3.79. The Morgan fingerprint density at radius 2 is 1.44 bits per heavy atom. The molecule has 0 amide bonds. The Labute approximate surface area is 150 Å². The van der Waals surface area contributed by atoms with Gasteiger partial charge in [-0.1, -0.05) is 68.5 Å². The molecule has 2 nitrogen and oxygen atoms in total. The largest absolute Gasteiger partial charge is 0.498 e. The summed E-state index contributed by atoms with van der Waals surface area (Å²) < 4.78 is 10.8. The maximum absolute atomic E-state index is 5.71. The molecule has 0 atom stereocenters. The first kappa shape index (κ1) is 17.3. The molecule has 0 bridgehead atoms. The predicted octanol–water partition coefficient (Wildman–Crippen LogP) is 5.73. The number of benzene rings is 2. The predicted molar refractivity (Wildman–Crippen MR) is 104 cm³/mol. The summed E-state index contributed by atoms with van der Waals surface area (Å²) in [6.07, 6.45) is 8.30. The Morgan fingerprint density at radius 3 is 2.00 bits per heavy atom. The second-order valence-electron chi connectivity index (χ2n) is 6.53. The molecule has 1 aliphatic carbocycles. The lowest BCUT2D eigenvalue weighted by Gasteiger charge is -2.31. The molecule has 2 heteroatoms. The van der Waals surface area contributed by atoms with Crippen molar-refractivity contribution in [3.63, 3.8) is 0 Å². The quantitative estimate of drug-likeness (QED) is 0.453. The fourth-order valence-corrected chi connectivity index (χ4v) is 3.82. The van der Waals surface area contributed by atoms with E-state index in [4.69, 9.17) is 9.47 Å². The maximum Gasteiger partial charge on any atom is 0.122 e. The number of rotatable bonds is 8. The van der Waals surface area contributed by atoms with Crippen molar-refractivity contribution in [2.75, 3.05) is 13.2 Å². The van der Waals surface area contributed by atoms with Gasteiger partial charge < -0.3 is 9.47 Å². The van der Waals surface area contributed by atoms with Gasteiger partial charge in [-0.2, -0.15) is 0 Å². The molecule has 0 heterocycles. The highest BCUT2D eigenvalue weighted by Gasteiger charge is 2.37. The van der Waals surface area contributed by atoms with E-state index in [2.05, 4.69) is 61.7 Å². The summed E-state index contributed by atoms with van der Waals surface area (Å²) in [5.41, 5.74) is 4.08. The van der Waals surface area contributed by atoms with Crippen LogP contribution in [0.4, 0.5) is 0 Å². The van der Waals surface area contributed by atoms with Gasteiger partial charge in [0.1, 0.15) is 19.0 Å². The minimum atomic E-state index is 0.129. The Balaban J connectivity index is 1.80. The first-order valence-electron chi connectivity index (χ1n) is 8.97. The van der Waals surface area contributed by atoms with Crippen molar-refractivity contribution in [1.82, 2.24) is 0 Å². The summed E-state index contributed by atoms with van der Waals surface area (Å²) in [7, 11) is 0. The molecule has 0 saturated heterocycles. The summed E-state index contributed by atoms with van der Waals surface area (Å²) in [6, 6.07) is 17.4. The molecule has 0 aromatic heterocycles. The second-order valence-corrected chi connectivity index (χ2v) is 6.53. The topological polar surface area (TPSA) is 18.5 Å². The molecule has 1 saturated carbocycles. The highest BCUT2D eigenvalue weighted by Crippen LogP contribution is 2.46. The summed E-state index contributed by atoms with van der Waals surface area (Å²) in [5, 5.41) is 0. The van der Waals surface area contributed by atoms with Crippen molar-refractivity contribution in [2.24, 2.45) is 0 Å². The van der Waals surface area contributed by atoms with Gasteiger partial charge >= 0.3 is 0 Å². The Kier molecular flexibility index (Phi) is 5.60.